The van der Waals surface area contributed by atoms with Crippen molar-refractivity contribution in [2.45, 2.75) is 58.5 Å². The Labute approximate surface area is 188 Å². The van der Waals surface area contributed by atoms with Gasteiger partial charge < -0.3 is 9.47 Å². The van der Waals surface area contributed by atoms with Crippen LogP contribution in [0.25, 0.3) is 22.3 Å². The van der Waals surface area contributed by atoms with E-state index in [0.717, 1.165) is 18.8 Å². The van der Waals surface area contributed by atoms with Gasteiger partial charge in [-0.15, -0.1) is 0 Å². The van der Waals surface area contributed by atoms with Crippen LogP contribution in [0.2, 0.25) is 0 Å². The van der Waals surface area contributed by atoms with Crippen molar-refractivity contribution in [2.75, 3.05) is 13.7 Å². The lowest BCUT2D eigenvalue weighted by molar-refractivity contribution is 0.0627. The molecule has 1 atom stereocenters. The van der Waals surface area contributed by atoms with E-state index in [1.807, 2.05) is 12.1 Å². The highest BCUT2D eigenvalue weighted by molar-refractivity contribution is 5.83. The summed E-state index contributed by atoms with van der Waals surface area (Å²) in [6.45, 7) is 5.25. The highest BCUT2D eigenvalue weighted by Gasteiger charge is 2.10. The Morgan fingerprint density at radius 3 is 1.81 bits per heavy atom. The molecule has 31 heavy (non-hydrogen) atoms. The molecule has 164 valence electrons. The third-order valence-corrected chi connectivity index (χ3v) is 5.88. The lowest BCUT2D eigenvalue weighted by atomic mass is 9.94. The van der Waals surface area contributed by atoms with Gasteiger partial charge in [-0.2, -0.15) is 0 Å². The normalized spacial score (nSPS) is 12.0. The maximum absolute atomic E-state index is 6.08. The van der Waals surface area contributed by atoms with E-state index in [4.69, 9.17) is 9.47 Å². The van der Waals surface area contributed by atoms with Crippen LogP contribution in [0.5, 0.6) is 5.75 Å². The first-order valence-electron chi connectivity index (χ1n) is 11.7. The van der Waals surface area contributed by atoms with Crippen molar-refractivity contribution in [1.82, 2.24) is 0 Å². The molecule has 0 spiro atoms. The maximum Gasteiger partial charge on any atom is 0.118 e. The smallest absolute Gasteiger partial charge is 0.118 e. The summed E-state index contributed by atoms with van der Waals surface area (Å²) < 4.78 is 11.4. The molecule has 2 heteroatoms. The Hall–Kier alpha value is -2.58. The Morgan fingerprint density at radius 1 is 0.677 bits per heavy atom. The Kier molecular flexibility index (Phi) is 9.17. The summed E-state index contributed by atoms with van der Waals surface area (Å²) in [7, 11) is 1.70. The number of unbranched alkanes of at least 4 members (excludes halogenated alkanes) is 5. The molecule has 0 N–H and O–H groups in total. The molecule has 0 aromatic heterocycles. The highest BCUT2D eigenvalue weighted by atomic mass is 16.5. The number of hydrogen-bond donors (Lipinski definition) is 0. The summed E-state index contributed by atoms with van der Waals surface area (Å²) in [5.74, 6) is 0.875. The second kappa shape index (κ2) is 12.3. The van der Waals surface area contributed by atoms with E-state index in [2.05, 4.69) is 74.5 Å². The van der Waals surface area contributed by atoms with Crippen LogP contribution in [-0.2, 0) is 4.74 Å². The van der Waals surface area contributed by atoms with Gasteiger partial charge in [0.1, 0.15) is 5.75 Å². The molecule has 0 saturated heterocycles. The summed E-state index contributed by atoms with van der Waals surface area (Å²) >= 11 is 0. The van der Waals surface area contributed by atoms with Gasteiger partial charge >= 0.3 is 0 Å². The van der Waals surface area contributed by atoms with Crippen LogP contribution < -0.4 is 4.74 Å². The van der Waals surface area contributed by atoms with E-state index < -0.39 is 0 Å². The molecule has 0 saturated carbocycles. The third kappa shape index (κ3) is 6.70. The van der Waals surface area contributed by atoms with Crippen molar-refractivity contribution in [1.29, 1.82) is 0 Å². The number of methoxy groups -OCH3 is 1. The van der Waals surface area contributed by atoms with Crippen molar-refractivity contribution in [2.24, 2.45) is 0 Å². The molecular weight excluding hydrogens is 380 g/mol. The highest BCUT2D eigenvalue weighted by Crippen LogP contribution is 2.33. The summed E-state index contributed by atoms with van der Waals surface area (Å²) in [6.07, 6.45) is 7.88. The first-order valence-corrected chi connectivity index (χ1v) is 11.7. The quantitative estimate of drug-likeness (QED) is 0.276. The third-order valence-electron chi connectivity index (χ3n) is 5.88. The molecule has 0 amide bonds. The van der Waals surface area contributed by atoms with Crippen molar-refractivity contribution in [3.05, 3.63) is 78.4 Å². The predicted molar refractivity (Wildman–Crippen MR) is 132 cm³/mol. The average molecular weight is 417 g/mol. The molecule has 0 aliphatic rings. The lowest BCUT2D eigenvalue weighted by Crippen LogP contribution is -2.01. The van der Waals surface area contributed by atoms with Gasteiger partial charge in [0.05, 0.1) is 13.2 Å². The van der Waals surface area contributed by atoms with Crippen LogP contribution in [0.3, 0.4) is 0 Å². The molecular formula is C29H36O2. The van der Waals surface area contributed by atoms with Gasteiger partial charge in [0, 0.05) is 6.61 Å². The lowest BCUT2D eigenvalue weighted by Gasteiger charge is -2.15. The summed E-state index contributed by atoms with van der Waals surface area (Å²) in [6, 6.07) is 25.6. The summed E-state index contributed by atoms with van der Waals surface area (Å²) in [5.41, 5.74) is 6.11. The first-order chi connectivity index (χ1) is 15.2. The predicted octanol–water partition coefficient (Wildman–Crippen LogP) is 8.47. The summed E-state index contributed by atoms with van der Waals surface area (Å²) in [5, 5.41) is 0. The molecule has 3 rings (SSSR count). The Morgan fingerprint density at radius 2 is 1.23 bits per heavy atom. The van der Waals surface area contributed by atoms with Crippen molar-refractivity contribution in [3.8, 4) is 28.0 Å². The van der Waals surface area contributed by atoms with Crippen LogP contribution in [0.15, 0.2) is 72.8 Å². The SMILES string of the molecule is CCCCCCCCOC(C)c1ccc(-c2ccccc2-c2ccc(OC)cc2)cc1. The molecule has 3 aromatic rings. The molecule has 0 fully saturated rings. The molecule has 0 aliphatic heterocycles. The van der Waals surface area contributed by atoms with E-state index in [0.29, 0.717) is 0 Å². The van der Waals surface area contributed by atoms with E-state index in [1.165, 1.54) is 59.9 Å². The van der Waals surface area contributed by atoms with Crippen LogP contribution >= 0.6 is 0 Å². The Bertz CT molecular complexity index is 897. The Balaban J connectivity index is 1.62. The van der Waals surface area contributed by atoms with Gasteiger partial charge in [-0.25, -0.2) is 0 Å². The fourth-order valence-electron chi connectivity index (χ4n) is 3.93. The molecule has 2 nitrogen and oxygen atoms in total. The fourth-order valence-corrected chi connectivity index (χ4v) is 3.93. The van der Waals surface area contributed by atoms with Gasteiger partial charge in [0.15, 0.2) is 0 Å². The van der Waals surface area contributed by atoms with Crippen LogP contribution in [0, 0.1) is 0 Å². The minimum absolute atomic E-state index is 0.126. The number of rotatable bonds is 12. The van der Waals surface area contributed by atoms with Crippen LogP contribution in [-0.4, -0.2) is 13.7 Å². The number of benzene rings is 3. The average Bonchev–Trinajstić information content (AvgIpc) is 2.83. The molecule has 0 aliphatic carbocycles. The van der Waals surface area contributed by atoms with Crippen molar-refractivity contribution in [3.63, 3.8) is 0 Å². The van der Waals surface area contributed by atoms with E-state index in [-0.39, 0.29) is 6.10 Å². The second-order valence-corrected chi connectivity index (χ2v) is 8.18. The van der Waals surface area contributed by atoms with Gasteiger partial charge in [-0.1, -0.05) is 99.7 Å². The first kappa shape index (κ1) is 23.1. The van der Waals surface area contributed by atoms with Gasteiger partial charge in [0.2, 0.25) is 0 Å². The van der Waals surface area contributed by atoms with Crippen molar-refractivity contribution >= 4 is 0 Å². The van der Waals surface area contributed by atoms with Gasteiger partial charge in [-0.05, 0) is 53.3 Å². The fraction of sp³-hybridized carbons (Fsp3) is 0.379. The second-order valence-electron chi connectivity index (χ2n) is 8.18. The molecule has 0 radical (unpaired) electrons. The zero-order chi connectivity index (χ0) is 21.9. The zero-order valence-corrected chi connectivity index (χ0v) is 19.3. The summed E-state index contributed by atoms with van der Waals surface area (Å²) in [4.78, 5) is 0. The maximum atomic E-state index is 6.08. The number of hydrogen-bond acceptors (Lipinski definition) is 2. The van der Waals surface area contributed by atoms with Crippen LogP contribution in [0.4, 0.5) is 0 Å². The van der Waals surface area contributed by atoms with E-state index in [9.17, 15) is 0 Å². The molecule has 3 aromatic carbocycles. The topological polar surface area (TPSA) is 18.5 Å². The monoisotopic (exact) mass is 416 g/mol. The molecule has 1 unspecified atom stereocenters. The van der Waals surface area contributed by atoms with Gasteiger partial charge in [-0.3, -0.25) is 0 Å². The largest absolute Gasteiger partial charge is 0.497 e. The number of ether oxygens (including phenoxy) is 2. The zero-order valence-electron chi connectivity index (χ0n) is 19.3. The minimum Gasteiger partial charge on any atom is -0.497 e. The van der Waals surface area contributed by atoms with E-state index >= 15 is 0 Å². The molecule has 0 heterocycles. The van der Waals surface area contributed by atoms with Crippen LogP contribution in [0.1, 0.15) is 64.0 Å². The minimum atomic E-state index is 0.126. The van der Waals surface area contributed by atoms with E-state index in [1.54, 1.807) is 7.11 Å². The van der Waals surface area contributed by atoms with Crippen molar-refractivity contribution < 1.29 is 9.47 Å². The van der Waals surface area contributed by atoms with Gasteiger partial charge in [0.25, 0.3) is 0 Å². The standard InChI is InChI=1S/C29H36O2/c1-4-5-6-7-8-11-22-31-23(2)24-14-16-25(17-15-24)28-12-9-10-13-29(28)26-18-20-27(30-3)21-19-26/h9-10,12-21,23H,4-8,11,22H2,1-3H3. The molecule has 0 bridgehead atoms.